The van der Waals surface area contributed by atoms with E-state index in [0.29, 0.717) is 23.4 Å². The zero-order valence-corrected chi connectivity index (χ0v) is 14.1. The molecule has 1 aromatic carbocycles. The molecule has 2 atom stereocenters. The molecule has 0 spiro atoms. The number of carbonyl (C=O) groups excluding carboxylic acids is 1. The summed E-state index contributed by atoms with van der Waals surface area (Å²) in [7, 11) is 0. The summed E-state index contributed by atoms with van der Waals surface area (Å²) in [5.74, 6) is -0.608. The van der Waals surface area contributed by atoms with Crippen molar-refractivity contribution in [3.05, 3.63) is 48.5 Å². The number of pyridine rings is 1. The molecule has 2 heterocycles. The van der Waals surface area contributed by atoms with E-state index in [1.54, 1.807) is 37.5 Å². The third kappa shape index (κ3) is 4.61. The van der Waals surface area contributed by atoms with Crippen molar-refractivity contribution < 1.29 is 18.7 Å². The van der Waals surface area contributed by atoms with E-state index in [1.807, 2.05) is 0 Å². The van der Waals surface area contributed by atoms with Crippen molar-refractivity contribution in [1.82, 2.24) is 4.98 Å². The highest BCUT2D eigenvalue weighted by molar-refractivity contribution is 5.97. The molecule has 0 saturated carbocycles. The molecule has 0 unspecified atom stereocenters. The van der Waals surface area contributed by atoms with Gasteiger partial charge in [-0.05, 0) is 43.5 Å². The number of aromatic nitrogens is 1. The van der Waals surface area contributed by atoms with E-state index in [9.17, 15) is 9.18 Å². The van der Waals surface area contributed by atoms with Crippen molar-refractivity contribution in [3.8, 4) is 11.1 Å². The Hall–Kier alpha value is -2.31. The van der Waals surface area contributed by atoms with Gasteiger partial charge < -0.3 is 14.8 Å². The molecule has 3 rings (SSSR count). The van der Waals surface area contributed by atoms with Crippen LogP contribution in [-0.4, -0.2) is 36.3 Å². The molecule has 6 heteroatoms. The quantitative estimate of drug-likeness (QED) is 0.872. The van der Waals surface area contributed by atoms with Crippen LogP contribution in [0.1, 0.15) is 19.8 Å². The second-order valence-corrected chi connectivity index (χ2v) is 6.03. The lowest BCUT2D eigenvalue weighted by atomic mass is 10.1. The molecular formula is C19H21FN2O3. The molecule has 1 aliphatic rings. The van der Waals surface area contributed by atoms with E-state index in [4.69, 9.17) is 9.47 Å². The number of benzene rings is 1. The van der Waals surface area contributed by atoms with Crippen LogP contribution in [-0.2, 0) is 14.3 Å². The van der Waals surface area contributed by atoms with Gasteiger partial charge in [-0.1, -0.05) is 12.1 Å². The molecule has 1 N–H and O–H groups in total. The summed E-state index contributed by atoms with van der Waals surface area (Å²) in [4.78, 5) is 16.4. The van der Waals surface area contributed by atoms with Crippen LogP contribution >= 0.6 is 0 Å². The Morgan fingerprint density at radius 3 is 3.12 bits per heavy atom. The highest BCUT2D eigenvalue weighted by atomic mass is 19.1. The second kappa shape index (κ2) is 8.18. The summed E-state index contributed by atoms with van der Waals surface area (Å²) >= 11 is 0. The minimum atomic E-state index is -0.621. The monoisotopic (exact) mass is 344 g/mol. The lowest BCUT2D eigenvalue weighted by Gasteiger charge is -2.17. The van der Waals surface area contributed by atoms with E-state index in [1.165, 1.54) is 12.1 Å². The molecule has 1 fully saturated rings. The molecule has 2 aromatic rings. The van der Waals surface area contributed by atoms with Gasteiger partial charge in [-0.25, -0.2) is 4.39 Å². The fraction of sp³-hybridized carbons (Fsp3) is 0.368. The topological polar surface area (TPSA) is 60.5 Å². The molecule has 1 saturated heterocycles. The first-order valence-corrected chi connectivity index (χ1v) is 8.37. The lowest BCUT2D eigenvalue weighted by molar-refractivity contribution is -0.128. The van der Waals surface area contributed by atoms with Gasteiger partial charge in [0.1, 0.15) is 11.9 Å². The van der Waals surface area contributed by atoms with E-state index in [2.05, 4.69) is 10.3 Å². The Labute approximate surface area is 146 Å². The standard InChI is InChI=1S/C19H21FN2O3/c1-13(25-12-16-6-3-9-24-16)19(23)22-18-11-21-8-7-17(18)14-4-2-5-15(20)10-14/h2,4-5,7-8,10-11,13,16H,3,6,9,12H2,1H3,(H,22,23)/t13-,16-/m1/s1. The number of anilines is 1. The van der Waals surface area contributed by atoms with E-state index >= 15 is 0 Å². The molecule has 1 amide bonds. The maximum absolute atomic E-state index is 13.5. The molecule has 0 aliphatic carbocycles. The molecule has 0 radical (unpaired) electrons. The average Bonchev–Trinajstić information content (AvgIpc) is 3.13. The third-order valence-corrected chi connectivity index (χ3v) is 4.14. The van der Waals surface area contributed by atoms with Crippen LogP contribution in [0.3, 0.4) is 0 Å². The molecule has 1 aromatic heterocycles. The first-order chi connectivity index (χ1) is 12.1. The third-order valence-electron chi connectivity index (χ3n) is 4.14. The zero-order chi connectivity index (χ0) is 17.6. The maximum atomic E-state index is 13.5. The van der Waals surface area contributed by atoms with Gasteiger partial charge in [-0.15, -0.1) is 0 Å². The number of halogens is 1. The SMILES string of the molecule is C[C@@H](OC[C@H]1CCCO1)C(=O)Nc1cnccc1-c1cccc(F)c1. The summed E-state index contributed by atoms with van der Waals surface area (Å²) in [5, 5.41) is 2.81. The van der Waals surface area contributed by atoms with Crippen molar-refractivity contribution in [2.45, 2.75) is 32.0 Å². The second-order valence-electron chi connectivity index (χ2n) is 6.03. The summed E-state index contributed by atoms with van der Waals surface area (Å²) < 4.78 is 24.6. The average molecular weight is 344 g/mol. The van der Waals surface area contributed by atoms with Gasteiger partial charge >= 0.3 is 0 Å². The molecule has 25 heavy (non-hydrogen) atoms. The summed E-state index contributed by atoms with van der Waals surface area (Å²) in [6, 6.07) is 7.95. The summed E-state index contributed by atoms with van der Waals surface area (Å²) in [6.45, 7) is 2.85. The van der Waals surface area contributed by atoms with E-state index < -0.39 is 6.10 Å². The fourth-order valence-corrected chi connectivity index (χ4v) is 2.74. The minimum Gasteiger partial charge on any atom is -0.376 e. The normalized spacial score (nSPS) is 18.1. The van der Waals surface area contributed by atoms with Crippen molar-refractivity contribution in [2.24, 2.45) is 0 Å². The smallest absolute Gasteiger partial charge is 0.253 e. The van der Waals surface area contributed by atoms with Crippen LogP contribution in [0.2, 0.25) is 0 Å². The predicted molar refractivity (Wildman–Crippen MR) is 92.6 cm³/mol. The lowest BCUT2D eigenvalue weighted by Crippen LogP contribution is -2.30. The number of ether oxygens (including phenoxy) is 2. The van der Waals surface area contributed by atoms with Gasteiger partial charge in [-0.2, -0.15) is 0 Å². The van der Waals surface area contributed by atoms with Gasteiger partial charge in [0.05, 0.1) is 24.6 Å². The predicted octanol–water partition coefficient (Wildman–Crippen LogP) is 3.41. The summed E-state index contributed by atoms with van der Waals surface area (Å²) in [5.41, 5.74) is 1.89. The van der Waals surface area contributed by atoms with Gasteiger partial charge in [0, 0.05) is 18.4 Å². The molecular weight excluding hydrogens is 323 g/mol. The van der Waals surface area contributed by atoms with Gasteiger partial charge in [0.2, 0.25) is 0 Å². The molecule has 5 nitrogen and oxygen atoms in total. The largest absolute Gasteiger partial charge is 0.376 e. The first-order valence-electron chi connectivity index (χ1n) is 8.37. The number of nitrogens with one attached hydrogen (secondary N) is 1. The Kier molecular flexibility index (Phi) is 5.73. The van der Waals surface area contributed by atoms with Crippen molar-refractivity contribution in [1.29, 1.82) is 0 Å². The number of hydrogen-bond donors (Lipinski definition) is 1. The first kappa shape index (κ1) is 17.5. The zero-order valence-electron chi connectivity index (χ0n) is 14.1. The maximum Gasteiger partial charge on any atom is 0.253 e. The van der Waals surface area contributed by atoms with Crippen LogP contribution < -0.4 is 5.32 Å². The number of carbonyl (C=O) groups is 1. The highest BCUT2D eigenvalue weighted by Gasteiger charge is 2.20. The number of nitrogens with zero attached hydrogens (tertiary/aromatic N) is 1. The van der Waals surface area contributed by atoms with Gasteiger partial charge in [-0.3, -0.25) is 9.78 Å². The van der Waals surface area contributed by atoms with Gasteiger partial charge in [0.15, 0.2) is 0 Å². The van der Waals surface area contributed by atoms with Gasteiger partial charge in [0.25, 0.3) is 5.91 Å². The van der Waals surface area contributed by atoms with E-state index in [0.717, 1.165) is 19.4 Å². The van der Waals surface area contributed by atoms with Crippen LogP contribution in [0.5, 0.6) is 0 Å². The summed E-state index contributed by atoms with van der Waals surface area (Å²) in [6.07, 6.45) is 4.58. The van der Waals surface area contributed by atoms with Crippen molar-refractivity contribution in [3.63, 3.8) is 0 Å². The van der Waals surface area contributed by atoms with Crippen LogP contribution in [0, 0.1) is 5.82 Å². The highest BCUT2D eigenvalue weighted by Crippen LogP contribution is 2.27. The van der Waals surface area contributed by atoms with Crippen molar-refractivity contribution >= 4 is 11.6 Å². The van der Waals surface area contributed by atoms with Crippen LogP contribution in [0.4, 0.5) is 10.1 Å². The molecule has 1 aliphatic heterocycles. The van der Waals surface area contributed by atoms with Crippen molar-refractivity contribution in [2.75, 3.05) is 18.5 Å². The number of amides is 1. The Bertz CT molecular complexity index is 732. The van der Waals surface area contributed by atoms with Crippen LogP contribution in [0.25, 0.3) is 11.1 Å². The Balaban J connectivity index is 1.66. The molecule has 132 valence electrons. The van der Waals surface area contributed by atoms with Crippen LogP contribution in [0.15, 0.2) is 42.7 Å². The Morgan fingerprint density at radius 2 is 2.36 bits per heavy atom. The molecule has 0 bridgehead atoms. The number of rotatable bonds is 6. The fourth-order valence-electron chi connectivity index (χ4n) is 2.74. The van der Waals surface area contributed by atoms with E-state index in [-0.39, 0.29) is 17.8 Å². The minimum absolute atomic E-state index is 0.0662. The number of hydrogen-bond acceptors (Lipinski definition) is 4. The Morgan fingerprint density at radius 1 is 1.48 bits per heavy atom.